The third kappa shape index (κ3) is 7.34. The van der Waals surface area contributed by atoms with E-state index in [9.17, 15) is 4.79 Å². The summed E-state index contributed by atoms with van der Waals surface area (Å²) in [4.78, 5) is 13.9. The first-order chi connectivity index (χ1) is 8.02. The lowest BCUT2D eigenvalue weighted by Crippen LogP contribution is -2.41. The third-order valence-electron chi connectivity index (χ3n) is 2.72. The number of methoxy groups -OCH3 is 1. The SMILES string of the molecule is CCN(C(=O)CCCNC(C)C)C(C)COC. The Labute approximate surface area is 106 Å². The molecule has 0 aromatic rings. The van der Waals surface area contributed by atoms with Crippen LogP contribution in [0.15, 0.2) is 0 Å². The third-order valence-corrected chi connectivity index (χ3v) is 2.72. The Morgan fingerprint density at radius 2 is 2.00 bits per heavy atom. The van der Waals surface area contributed by atoms with Crippen LogP contribution in [-0.4, -0.2) is 49.7 Å². The molecule has 0 saturated carbocycles. The van der Waals surface area contributed by atoms with Gasteiger partial charge in [-0.15, -0.1) is 0 Å². The molecule has 102 valence electrons. The van der Waals surface area contributed by atoms with Crippen molar-refractivity contribution in [1.82, 2.24) is 10.2 Å². The average Bonchev–Trinajstić information content (AvgIpc) is 2.25. The molecular weight excluding hydrogens is 216 g/mol. The maximum atomic E-state index is 12.0. The van der Waals surface area contributed by atoms with Gasteiger partial charge in [0.15, 0.2) is 0 Å². The van der Waals surface area contributed by atoms with Crippen LogP contribution in [0.25, 0.3) is 0 Å². The van der Waals surface area contributed by atoms with Crippen LogP contribution in [0.1, 0.15) is 40.5 Å². The van der Waals surface area contributed by atoms with Crippen molar-refractivity contribution in [2.75, 3.05) is 26.8 Å². The summed E-state index contributed by atoms with van der Waals surface area (Å²) >= 11 is 0. The van der Waals surface area contributed by atoms with Crippen LogP contribution in [-0.2, 0) is 9.53 Å². The molecule has 1 atom stereocenters. The van der Waals surface area contributed by atoms with E-state index in [1.54, 1.807) is 7.11 Å². The maximum absolute atomic E-state index is 12.0. The molecule has 0 fully saturated rings. The number of nitrogens with one attached hydrogen (secondary N) is 1. The average molecular weight is 244 g/mol. The Bertz CT molecular complexity index is 208. The number of nitrogens with zero attached hydrogens (tertiary/aromatic N) is 1. The molecule has 1 unspecified atom stereocenters. The standard InChI is InChI=1S/C13H28N2O2/c1-6-15(12(4)10-17-5)13(16)8-7-9-14-11(2)3/h11-12,14H,6-10H2,1-5H3. The van der Waals surface area contributed by atoms with Crippen molar-refractivity contribution in [3.63, 3.8) is 0 Å². The van der Waals surface area contributed by atoms with Crippen molar-refractivity contribution in [3.8, 4) is 0 Å². The van der Waals surface area contributed by atoms with Gasteiger partial charge in [-0.05, 0) is 26.8 Å². The predicted molar refractivity (Wildman–Crippen MR) is 71.1 cm³/mol. The van der Waals surface area contributed by atoms with Crippen LogP contribution in [0.2, 0.25) is 0 Å². The van der Waals surface area contributed by atoms with E-state index in [2.05, 4.69) is 19.2 Å². The molecule has 0 radical (unpaired) electrons. The van der Waals surface area contributed by atoms with Gasteiger partial charge >= 0.3 is 0 Å². The number of rotatable bonds is 9. The summed E-state index contributed by atoms with van der Waals surface area (Å²) in [6, 6.07) is 0.648. The quantitative estimate of drug-likeness (QED) is 0.627. The van der Waals surface area contributed by atoms with E-state index in [0.717, 1.165) is 19.5 Å². The molecule has 0 bridgehead atoms. The van der Waals surface area contributed by atoms with E-state index < -0.39 is 0 Å². The van der Waals surface area contributed by atoms with Crippen LogP contribution in [0.3, 0.4) is 0 Å². The number of hydrogen-bond donors (Lipinski definition) is 1. The normalized spacial score (nSPS) is 12.8. The highest BCUT2D eigenvalue weighted by Gasteiger charge is 2.17. The molecule has 0 aliphatic heterocycles. The zero-order chi connectivity index (χ0) is 13.3. The summed E-state index contributed by atoms with van der Waals surface area (Å²) in [7, 11) is 1.67. The molecule has 1 N–H and O–H groups in total. The number of amides is 1. The van der Waals surface area contributed by atoms with Gasteiger partial charge in [-0.25, -0.2) is 0 Å². The number of carbonyl (C=O) groups is 1. The summed E-state index contributed by atoms with van der Waals surface area (Å²) in [6.45, 7) is 10.5. The molecule has 0 aromatic heterocycles. The van der Waals surface area contributed by atoms with Gasteiger partial charge in [0.1, 0.15) is 0 Å². The lowest BCUT2D eigenvalue weighted by atomic mass is 10.2. The highest BCUT2D eigenvalue weighted by atomic mass is 16.5. The smallest absolute Gasteiger partial charge is 0.222 e. The van der Waals surface area contributed by atoms with Crippen molar-refractivity contribution < 1.29 is 9.53 Å². The van der Waals surface area contributed by atoms with Crippen molar-refractivity contribution >= 4 is 5.91 Å². The van der Waals surface area contributed by atoms with Gasteiger partial charge in [0.2, 0.25) is 5.91 Å². The predicted octanol–water partition coefficient (Wildman–Crippen LogP) is 1.65. The van der Waals surface area contributed by atoms with Crippen molar-refractivity contribution in [3.05, 3.63) is 0 Å². The van der Waals surface area contributed by atoms with Gasteiger partial charge in [0, 0.05) is 26.1 Å². The van der Waals surface area contributed by atoms with Crippen LogP contribution in [0.5, 0.6) is 0 Å². The number of carbonyl (C=O) groups excluding carboxylic acids is 1. The fraction of sp³-hybridized carbons (Fsp3) is 0.923. The lowest BCUT2D eigenvalue weighted by Gasteiger charge is -2.27. The summed E-state index contributed by atoms with van der Waals surface area (Å²) in [5.41, 5.74) is 0. The molecule has 0 heterocycles. The topological polar surface area (TPSA) is 41.6 Å². The second kappa shape index (κ2) is 9.42. The van der Waals surface area contributed by atoms with E-state index in [-0.39, 0.29) is 11.9 Å². The first-order valence-electron chi connectivity index (χ1n) is 6.54. The van der Waals surface area contributed by atoms with Crippen LogP contribution < -0.4 is 5.32 Å². The summed E-state index contributed by atoms with van der Waals surface area (Å²) in [5.74, 6) is 0.225. The van der Waals surface area contributed by atoms with Gasteiger partial charge in [0.05, 0.1) is 12.6 Å². The molecule has 0 rings (SSSR count). The molecule has 0 saturated heterocycles. The number of likely N-dealkylation sites (N-methyl/N-ethyl adjacent to an activating group) is 1. The molecule has 0 aliphatic carbocycles. The second-order valence-corrected chi connectivity index (χ2v) is 4.70. The second-order valence-electron chi connectivity index (χ2n) is 4.70. The van der Waals surface area contributed by atoms with E-state index in [0.29, 0.717) is 19.1 Å². The van der Waals surface area contributed by atoms with Crippen molar-refractivity contribution in [2.45, 2.75) is 52.6 Å². The van der Waals surface area contributed by atoms with Gasteiger partial charge in [-0.1, -0.05) is 13.8 Å². The first kappa shape index (κ1) is 16.4. The molecule has 4 heteroatoms. The molecule has 1 amide bonds. The number of ether oxygens (including phenoxy) is 1. The van der Waals surface area contributed by atoms with Crippen LogP contribution in [0.4, 0.5) is 0 Å². The minimum absolute atomic E-state index is 0.163. The fourth-order valence-electron chi connectivity index (χ4n) is 1.84. The van der Waals surface area contributed by atoms with Crippen molar-refractivity contribution in [1.29, 1.82) is 0 Å². The van der Waals surface area contributed by atoms with Gasteiger partial charge in [-0.3, -0.25) is 4.79 Å². The zero-order valence-electron chi connectivity index (χ0n) is 12.0. The number of hydrogen-bond acceptors (Lipinski definition) is 3. The molecule has 0 aromatic carbocycles. The Morgan fingerprint density at radius 1 is 1.35 bits per heavy atom. The highest BCUT2D eigenvalue weighted by Crippen LogP contribution is 2.04. The van der Waals surface area contributed by atoms with E-state index in [1.807, 2.05) is 18.7 Å². The van der Waals surface area contributed by atoms with Crippen molar-refractivity contribution in [2.24, 2.45) is 0 Å². The summed E-state index contributed by atoms with van der Waals surface area (Å²) in [5, 5.41) is 3.32. The molecule has 0 aliphatic rings. The highest BCUT2D eigenvalue weighted by molar-refractivity contribution is 5.76. The Balaban J connectivity index is 3.91. The molecular formula is C13H28N2O2. The first-order valence-corrected chi connectivity index (χ1v) is 6.54. The van der Waals surface area contributed by atoms with E-state index >= 15 is 0 Å². The monoisotopic (exact) mass is 244 g/mol. The van der Waals surface area contributed by atoms with E-state index in [1.165, 1.54) is 0 Å². The Hall–Kier alpha value is -0.610. The lowest BCUT2D eigenvalue weighted by molar-refractivity contribution is -0.134. The Morgan fingerprint density at radius 3 is 2.47 bits per heavy atom. The van der Waals surface area contributed by atoms with Gasteiger partial charge < -0.3 is 15.0 Å². The fourth-order valence-corrected chi connectivity index (χ4v) is 1.84. The van der Waals surface area contributed by atoms with Gasteiger partial charge in [0.25, 0.3) is 0 Å². The summed E-state index contributed by atoms with van der Waals surface area (Å²) < 4.78 is 5.09. The molecule has 0 spiro atoms. The zero-order valence-corrected chi connectivity index (χ0v) is 12.0. The van der Waals surface area contributed by atoms with Crippen LogP contribution >= 0.6 is 0 Å². The van der Waals surface area contributed by atoms with Crippen LogP contribution in [0, 0.1) is 0 Å². The summed E-state index contributed by atoms with van der Waals surface area (Å²) in [6.07, 6.45) is 1.51. The minimum Gasteiger partial charge on any atom is -0.383 e. The largest absolute Gasteiger partial charge is 0.383 e. The minimum atomic E-state index is 0.163. The van der Waals surface area contributed by atoms with E-state index in [4.69, 9.17) is 4.74 Å². The molecule has 4 nitrogen and oxygen atoms in total. The molecule has 17 heavy (non-hydrogen) atoms. The Kier molecular flexibility index (Phi) is 9.09. The van der Waals surface area contributed by atoms with Gasteiger partial charge in [-0.2, -0.15) is 0 Å². The maximum Gasteiger partial charge on any atom is 0.222 e.